The van der Waals surface area contributed by atoms with Crippen molar-refractivity contribution in [3.8, 4) is 0 Å². The Morgan fingerprint density at radius 2 is 2.00 bits per heavy atom. The number of carbonyl (C=O) groups excluding carboxylic acids is 1. The van der Waals surface area contributed by atoms with Gasteiger partial charge in [0.15, 0.2) is 5.13 Å². The van der Waals surface area contributed by atoms with Crippen molar-refractivity contribution in [1.82, 2.24) is 14.6 Å². The molecule has 31 heavy (non-hydrogen) atoms. The van der Waals surface area contributed by atoms with Crippen molar-refractivity contribution in [2.75, 3.05) is 37.6 Å². The smallest absolute Gasteiger partial charge is 0.263 e. The summed E-state index contributed by atoms with van der Waals surface area (Å²) < 4.78 is 26.7. The number of fused-ring (bicyclic) bond motifs is 1. The predicted molar refractivity (Wildman–Crippen MR) is 122 cm³/mol. The van der Waals surface area contributed by atoms with Gasteiger partial charge >= 0.3 is 0 Å². The number of benzene rings is 1. The Morgan fingerprint density at radius 3 is 2.84 bits per heavy atom. The van der Waals surface area contributed by atoms with E-state index in [-0.39, 0.29) is 10.8 Å². The lowest BCUT2D eigenvalue weighted by Gasteiger charge is -2.21. The van der Waals surface area contributed by atoms with Gasteiger partial charge in [0.25, 0.3) is 10.0 Å². The van der Waals surface area contributed by atoms with Gasteiger partial charge in [-0.05, 0) is 31.4 Å². The van der Waals surface area contributed by atoms with Gasteiger partial charge in [-0.1, -0.05) is 18.6 Å². The van der Waals surface area contributed by atoms with Gasteiger partial charge in [-0.15, -0.1) is 11.3 Å². The Hall–Kier alpha value is -2.46. The third-order valence-corrected chi connectivity index (χ3v) is 7.75. The van der Waals surface area contributed by atoms with E-state index < -0.39 is 10.0 Å². The van der Waals surface area contributed by atoms with E-state index in [0.717, 1.165) is 57.0 Å². The number of aliphatic imine (C=N–C) groups is 1. The van der Waals surface area contributed by atoms with Gasteiger partial charge in [-0.3, -0.25) is 14.5 Å². The SMILES string of the molecule is O=C(CCCCCN=C1NS(=O)(=O)c2ccccc21)N1CCCN(c2nccs2)CC1. The summed E-state index contributed by atoms with van der Waals surface area (Å²) in [6.07, 6.45) is 5.84. The molecule has 1 fully saturated rings. The van der Waals surface area contributed by atoms with Crippen molar-refractivity contribution in [1.29, 1.82) is 0 Å². The number of rotatable bonds is 7. The molecule has 0 radical (unpaired) electrons. The van der Waals surface area contributed by atoms with E-state index in [0.29, 0.717) is 24.4 Å². The van der Waals surface area contributed by atoms with E-state index >= 15 is 0 Å². The van der Waals surface area contributed by atoms with Crippen LogP contribution in [0.2, 0.25) is 0 Å². The van der Waals surface area contributed by atoms with Crippen molar-refractivity contribution in [3.05, 3.63) is 41.4 Å². The Balaban J connectivity index is 1.18. The second kappa shape index (κ2) is 9.78. The van der Waals surface area contributed by atoms with Crippen LogP contribution in [0.4, 0.5) is 5.13 Å². The molecule has 2 aromatic rings. The molecule has 166 valence electrons. The van der Waals surface area contributed by atoms with E-state index in [1.54, 1.807) is 29.5 Å². The maximum Gasteiger partial charge on any atom is 0.263 e. The van der Waals surface area contributed by atoms with Crippen LogP contribution < -0.4 is 9.62 Å². The molecule has 1 saturated heterocycles. The van der Waals surface area contributed by atoms with Crippen LogP contribution in [0.1, 0.15) is 37.7 Å². The molecule has 0 saturated carbocycles. The molecule has 4 rings (SSSR count). The number of anilines is 1. The molecule has 0 atom stereocenters. The van der Waals surface area contributed by atoms with Crippen LogP contribution >= 0.6 is 11.3 Å². The van der Waals surface area contributed by atoms with Crippen LogP contribution in [-0.2, 0) is 14.8 Å². The highest BCUT2D eigenvalue weighted by atomic mass is 32.2. The Kier molecular flexibility index (Phi) is 6.86. The molecule has 1 N–H and O–H groups in total. The van der Waals surface area contributed by atoms with Crippen molar-refractivity contribution < 1.29 is 13.2 Å². The van der Waals surface area contributed by atoms with E-state index in [1.807, 2.05) is 22.5 Å². The normalized spacial score (nSPS) is 19.2. The first-order valence-electron chi connectivity index (χ1n) is 10.6. The first-order valence-corrected chi connectivity index (χ1v) is 13.0. The van der Waals surface area contributed by atoms with Gasteiger partial charge in [-0.2, -0.15) is 0 Å². The fraction of sp³-hybridized carbons (Fsp3) is 0.476. The summed E-state index contributed by atoms with van der Waals surface area (Å²) in [5.74, 6) is 0.630. The van der Waals surface area contributed by atoms with Gasteiger partial charge in [-0.25, -0.2) is 13.4 Å². The predicted octanol–water partition coefficient (Wildman–Crippen LogP) is 2.48. The molecule has 0 bridgehead atoms. The highest BCUT2D eigenvalue weighted by molar-refractivity contribution is 7.90. The van der Waals surface area contributed by atoms with Gasteiger partial charge < -0.3 is 9.80 Å². The largest absolute Gasteiger partial charge is 0.346 e. The van der Waals surface area contributed by atoms with Crippen molar-refractivity contribution in [3.63, 3.8) is 0 Å². The van der Waals surface area contributed by atoms with Gasteiger partial charge in [0.2, 0.25) is 5.91 Å². The van der Waals surface area contributed by atoms with Crippen LogP contribution in [-0.4, -0.2) is 62.8 Å². The molecule has 2 aliphatic heterocycles. The summed E-state index contributed by atoms with van der Waals surface area (Å²) in [5, 5.41) is 3.01. The fourth-order valence-electron chi connectivity index (χ4n) is 3.90. The number of nitrogens with one attached hydrogen (secondary N) is 1. The van der Waals surface area contributed by atoms with Crippen LogP contribution in [0.5, 0.6) is 0 Å². The number of aromatic nitrogens is 1. The quantitative estimate of drug-likeness (QED) is 0.639. The molecule has 10 heteroatoms. The van der Waals surface area contributed by atoms with E-state index in [1.165, 1.54) is 0 Å². The Bertz CT molecular complexity index is 1040. The number of hydrogen-bond acceptors (Lipinski definition) is 7. The summed E-state index contributed by atoms with van der Waals surface area (Å²) in [6, 6.07) is 6.87. The van der Waals surface area contributed by atoms with Crippen LogP contribution in [0.15, 0.2) is 45.7 Å². The number of thiazole rings is 1. The molecule has 2 aliphatic rings. The first-order chi connectivity index (χ1) is 15.0. The van der Waals surface area contributed by atoms with E-state index in [9.17, 15) is 13.2 Å². The molecular weight excluding hydrogens is 434 g/mol. The monoisotopic (exact) mass is 461 g/mol. The minimum Gasteiger partial charge on any atom is -0.346 e. The van der Waals surface area contributed by atoms with Crippen molar-refractivity contribution >= 4 is 38.2 Å². The zero-order valence-electron chi connectivity index (χ0n) is 17.4. The van der Waals surface area contributed by atoms with E-state index in [2.05, 4.69) is 19.6 Å². The molecule has 8 nitrogen and oxygen atoms in total. The van der Waals surface area contributed by atoms with Crippen molar-refractivity contribution in [2.45, 2.75) is 37.0 Å². The lowest BCUT2D eigenvalue weighted by molar-refractivity contribution is -0.131. The number of carbonyl (C=O) groups is 1. The molecule has 1 aromatic heterocycles. The molecule has 3 heterocycles. The minimum absolute atomic E-state index is 0.213. The lowest BCUT2D eigenvalue weighted by Crippen LogP contribution is -2.35. The third kappa shape index (κ3) is 5.24. The van der Waals surface area contributed by atoms with Gasteiger partial charge in [0, 0.05) is 56.3 Å². The summed E-state index contributed by atoms with van der Waals surface area (Å²) >= 11 is 1.64. The highest BCUT2D eigenvalue weighted by Gasteiger charge is 2.29. The standard InChI is InChI=1S/C21H27N5O3S2/c27-19(25-12-6-13-26(15-14-25)21-23-11-16-30-21)9-2-1-5-10-22-20-17-7-3-4-8-18(17)31(28,29)24-20/h3-4,7-8,11,16H,1-2,5-6,9-10,12-15H2,(H,22,24). The van der Waals surface area contributed by atoms with Crippen LogP contribution in [0.3, 0.4) is 0 Å². The number of amides is 1. The molecular formula is C21H27N5O3S2. The number of hydrogen-bond donors (Lipinski definition) is 1. The topological polar surface area (TPSA) is 95.0 Å². The lowest BCUT2D eigenvalue weighted by atomic mass is 10.1. The maximum absolute atomic E-state index is 12.6. The summed E-state index contributed by atoms with van der Waals surface area (Å²) in [7, 11) is -3.48. The maximum atomic E-state index is 12.6. The molecule has 0 unspecified atom stereocenters. The van der Waals surface area contributed by atoms with E-state index in [4.69, 9.17) is 0 Å². The minimum atomic E-state index is -3.48. The van der Waals surface area contributed by atoms with Gasteiger partial charge in [0.1, 0.15) is 5.84 Å². The molecule has 0 aliphatic carbocycles. The zero-order valence-corrected chi connectivity index (χ0v) is 19.0. The Morgan fingerprint density at radius 1 is 1.13 bits per heavy atom. The number of sulfonamides is 1. The average Bonchev–Trinajstić information content (AvgIpc) is 3.30. The number of unbranched alkanes of at least 4 members (excludes halogenated alkanes) is 2. The molecule has 1 aromatic carbocycles. The second-order valence-electron chi connectivity index (χ2n) is 7.68. The summed E-state index contributed by atoms with van der Waals surface area (Å²) in [6.45, 7) is 3.84. The summed E-state index contributed by atoms with van der Waals surface area (Å²) in [5.41, 5.74) is 0.630. The number of nitrogens with zero attached hydrogens (tertiary/aromatic N) is 4. The molecule has 1 amide bonds. The van der Waals surface area contributed by atoms with Gasteiger partial charge in [0.05, 0.1) is 4.90 Å². The van der Waals surface area contributed by atoms with Crippen LogP contribution in [0.25, 0.3) is 0 Å². The second-order valence-corrected chi connectivity index (χ2v) is 10.2. The Labute approximate surface area is 187 Å². The number of amidine groups is 1. The van der Waals surface area contributed by atoms with Crippen LogP contribution in [0, 0.1) is 0 Å². The fourth-order valence-corrected chi connectivity index (χ4v) is 5.84. The first kappa shape index (κ1) is 21.8. The average molecular weight is 462 g/mol. The molecule has 0 spiro atoms. The third-order valence-electron chi connectivity index (χ3n) is 5.52. The summed E-state index contributed by atoms with van der Waals surface area (Å²) in [4.78, 5) is 25.9. The van der Waals surface area contributed by atoms with Crippen molar-refractivity contribution in [2.24, 2.45) is 4.99 Å². The highest BCUT2D eigenvalue weighted by Crippen LogP contribution is 2.22. The zero-order chi connectivity index (χ0) is 21.7.